The Morgan fingerprint density at radius 1 is 1.44 bits per heavy atom. The van der Waals surface area contributed by atoms with Crippen molar-refractivity contribution in [3.63, 3.8) is 0 Å². The van der Waals surface area contributed by atoms with Crippen molar-refractivity contribution in [1.29, 1.82) is 0 Å². The normalized spacial score (nSPS) is 10.6. The van der Waals surface area contributed by atoms with E-state index in [-0.39, 0.29) is 12.5 Å². The molecule has 0 aliphatic heterocycles. The molecule has 1 aromatic rings. The van der Waals surface area contributed by atoms with Gasteiger partial charge in [0.05, 0.1) is 0 Å². The number of carbonyl (C=O) groups excluding carboxylic acids is 1. The van der Waals surface area contributed by atoms with Gasteiger partial charge in [0.25, 0.3) is 0 Å². The van der Waals surface area contributed by atoms with Gasteiger partial charge in [0.2, 0.25) is 5.91 Å². The third-order valence-corrected chi connectivity index (χ3v) is 2.20. The molecule has 0 aliphatic carbocycles. The average Bonchev–Trinajstić information content (AvgIpc) is 2.26. The van der Waals surface area contributed by atoms with Crippen LogP contribution in [0.15, 0.2) is 30.3 Å². The van der Waals surface area contributed by atoms with Crippen LogP contribution in [0.1, 0.15) is 18.1 Å². The van der Waals surface area contributed by atoms with E-state index >= 15 is 0 Å². The van der Waals surface area contributed by atoms with E-state index in [0.717, 1.165) is 11.1 Å². The highest BCUT2D eigenvalue weighted by Gasteiger charge is 1.96. The molecule has 1 amide bonds. The Kier molecular flexibility index (Phi) is 5.29. The minimum Gasteiger partial charge on any atom is -0.396 e. The van der Waals surface area contributed by atoms with Crippen molar-refractivity contribution in [2.75, 3.05) is 13.2 Å². The summed E-state index contributed by atoms with van der Waals surface area (Å²) in [6.07, 6.45) is 4.51. The van der Waals surface area contributed by atoms with E-state index in [9.17, 15) is 4.79 Å². The molecule has 2 N–H and O–H groups in total. The monoisotopic (exact) mass is 219 g/mol. The molecule has 16 heavy (non-hydrogen) atoms. The number of amides is 1. The van der Waals surface area contributed by atoms with Crippen molar-refractivity contribution < 1.29 is 9.90 Å². The van der Waals surface area contributed by atoms with Crippen LogP contribution in [0, 0.1) is 0 Å². The SMILES string of the molecule is CC(=O)NCC=Cc1ccccc1CCO. The summed E-state index contributed by atoms with van der Waals surface area (Å²) in [5.74, 6) is -0.0340. The molecule has 0 heterocycles. The van der Waals surface area contributed by atoms with Crippen molar-refractivity contribution in [3.05, 3.63) is 41.5 Å². The zero-order valence-corrected chi connectivity index (χ0v) is 9.44. The highest BCUT2D eigenvalue weighted by atomic mass is 16.2. The molecule has 0 unspecified atom stereocenters. The summed E-state index contributed by atoms with van der Waals surface area (Å²) >= 11 is 0. The molecule has 3 nitrogen and oxygen atoms in total. The molecule has 3 heteroatoms. The Balaban J connectivity index is 2.61. The van der Waals surface area contributed by atoms with E-state index in [2.05, 4.69) is 5.32 Å². The molecule has 0 aromatic heterocycles. The maximum Gasteiger partial charge on any atom is 0.217 e. The minimum atomic E-state index is -0.0340. The van der Waals surface area contributed by atoms with E-state index in [0.29, 0.717) is 13.0 Å². The largest absolute Gasteiger partial charge is 0.396 e. The second-order valence-electron chi connectivity index (χ2n) is 3.51. The highest BCUT2D eigenvalue weighted by Crippen LogP contribution is 2.10. The van der Waals surface area contributed by atoms with Crippen LogP contribution in [0.25, 0.3) is 6.08 Å². The van der Waals surface area contributed by atoms with Gasteiger partial charge in [-0.15, -0.1) is 0 Å². The van der Waals surface area contributed by atoms with E-state index in [1.165, 1.54) is 6.92 Å². The smallest absolute Gasteiger partial charge is 0.217 e. The lowest BCUT2D eigenvalue weighted by Crippen LogP contribution is -2.19. The predicted octanol–water partition coefficient (Wildman–Crippen LogP) is 1.37. The summed E-state index contributed by atoms with van der Waals surface area (Å²) in [7, 11) is 0. The predicted molar refractivity (Wildman–Crippen MR) is 64.9 cm³/mol. The summed E-state index contributed by atoms with van der Waals surface area (Å²) in [4.78, 5) is 10.6. The van der Waals surface area contributed by atoms with E-state index in [1.807, 2.05) is 36.4 Å². The Labute approximate surface area is 95.8 Å². The molecule has 0 saturated carbocycles. The summed E-state index contributed by atoms with van der Waals surface area (Å²) in [6, 6.07) is 7.90. The molecule has 1 aromatic carbocycles. The quantitative estimate of drug-likeness (QED) is 0.785. The van der Waals surface area contributed by atoms with Crippen LogP contribution < -0.4 is 5.32 Å². The number of nitrogens with one attached hydrogen (secondary N) is 1. The standard InChI is InChI=1S/C13H17NO2/c1-11(16)14-9-4-7-12-5-2-3-6-13(12)8-10-15/h2-7,15H,8-10H2,1H3,(H,14,16). The first-order chi connectivity index (χ1) is 7.74. The van der Waals surface area contributed by atoms with Crippen molar-refractivity contribution in [2.45, 2.75) is 13.3 Å². The molecule has 0 saturated heterocycles. The lowest BCUT2D eigenvalue weighted by Gasteiger charge is -2.03. The number of rotatable bonds is 5. The van der Waals surface area contributed by atoms with E-state index < -0.39 is 0 Å². The van der Waals surface area contributed by atoms with Crippen LogP contribution in [0.5, 0.6) is 0 Å². The summed E-state index contributed by atoms with van der Waals surface area (Å²) in [5.41, 5.74) is 2.20. The Bertz CT molecular complexity index is 372. The van der Waals surface area contributed by atoms with E-state index in [4.69, 9.17) is 5.11 Å². The van der Waals surface area contributed by atoms with Gasteiger partial charge in [-0.2, -0.15) is 0 Å². The van der Waals surface area contributed by atoms with Gasteiger partial charge in [-0.05, 0) is 17.5 Å². The van der Waals surface area contributed by atoms with Gasteiger partial charge in [-0.1, -0.05) is 36.4 Å². The molecule has 0 aliphatic rings. The molecule has 0 bridgehead atoms. The van der Waals surface area contributed by atoms with Gasteiger partial charge in [-0.3, -0.25) is 4.79 Å². The number of hydrogen-bond acceptors (Lipinski definition) is 2. The first kappa shape index (κ1) is 12.5. The maximum absolute atomic E-state index is 10.6. The van der Waals surface area contributed by atoms with Crippen LogP contribution in [-0.2, 0) is 11.2 Å². The third kappa shape index (κ3) is 4.28. The molecular formula is C13H17NO2. The van der Waals surface area contributed by atoms with Crippen molar-refractivity contribution in [3.8, 4) is 0 Å². The van der Waals surface area contributed by atoms with Crippen LogP contribution >= 0.6 is 0 Å². The third-order valence-electron chi connectivity index (χ3n) is 2.20. The molecule has 86 valence electrons. The number of hydrogen-bond donors (Lipinski definition) is 2. The molecular weight excluding hydrogens is 202 g/mol. The Hall–Kier alpha value is -1.61. The first-order valence-electron chi connectivity index (χ1n) is 5.34. The lowest BCUT2D eigenvalue weighted by molar-refractivity contribution is -0.118. The Morgan fingerprint density at radius 2 is 2.19 bits per heavy atom. The van der Waals surface area contributed by atoms with Gasteiger partial charge in [0, 0.05) is 20.1 Å². The molecule has 0 fully saturated rings. The van der Waals surface area contributed by atoms with Crippen molar-refractivity contribution in [1.82, 2.24) is 5.32 Å². The first-order valence-corrected chi connectivity index (χ1v) is 5.34. The lowest BCUT2D eigenvalue weighted by atomic mass is 10.0. The molecule has 0 spiro atoms. The second kappa shape index (κ2) is 6.80. The van der Waals surface area contributed by atoms with E-state index in [1.54, 1.807) is 0 Å². The minimum absolute atomic E-state index is 0.0340. The zero-order valence-electron chi connectivity index (χ0n) is 9.44. The Morgan fingerprint density at radius 3 is 2.88 bits per heavy atom. The fourth-order valence-electron chi connectivity index (χ4n) is 1.43. The summed E-state index contributed by atoms with van der Waals surface area (Å²) < 4.78 is 0. The molecule has 0 radical (unpaired) electrons. The second-order valence-corrected chi connectivity index (χ2v) is 3.51. The summed E-state index contributed by atoms with van der Waals surface area (Å²) in [5, 5.41) is 11.6. The van der Waals surface area contributed by atoms with Crippen LogP contribution in [-0.4, -0.2) is 24.2 Å². The molecule has 0 atom stereocenters. The van der Waals surface area contributed by atoms with Gasteiger partial charge in [-0.25, -0.2) is 0 Å². The number of carbonyl (C=O) groups is 1. The van der Waals surface area contributed by atoms with Crippen LogP contribution in [0.3, 0.4) is 0 Å². The van der Waals surface area contributed by atoms with Crippen molar-refractivity contribution in [2.24, 2.45) is 0 Å². The number of benzene rings is 1. The fourth-order valence-corrected chi connectivity index (χ4v) is 1.43. The number of aliphatic hydroxyl groups is 1. The van der Waals surface area contributed by atoms with Gasteiger partial charge >= 0.3 is 0 Å². The average molecular weight is 219 g/mol. The van der Waals surface area contributed by atoms with Crippen molar-refractivity contribution >= 4 is 12.0 Å². The zero-order chi connectivity index (χ0) is 11.8. The van der Waals surface area contributed by atoms with Crippen LogP contribution in [0.2, 0.25) is 0 Å². The van der Waals surface area contributed by atoms with Gasteiger partial charge < -0.3 is 10.4 Å². The number of aliphatic hydroxyl groups excluding tert-OH is 1. The molecule has 1 rings (SSSR count). The fraction of sp³-hybridized carbons (Fsp3) is 0.308. The summed E-state index contributed by atoms with van der Waals surface area (Å²) in [6.45, 7) is 2.17. The van der Waals surface area contributed by atoms with Crippen LogP contribution in [0.4, 0.5) is 0 Å². The van der Waals surface area contributed by atoms with Gasteiger partial charge in [0.1, 0.15) is 0 Å². The topological polar surface area (TPSA) is 49.3 Å². The van der Waals surface area contributed by atoms with Gasteiger partial charge in [0.15, 0.2) is 0 Å². The highest BCUT2D eigenvalue weighted by molar-refractivity contribution is 5.73. The maximum atomic E-state index is 10.6.